The number of piperidine rings is 2. The number of amides is 4. The molecule has 30 heavy (non-hydrogen) atoms. The summed E-state index contributed by atoms with van der Waals surface area (Å²) in [5.41, 5.74) is 1.49. The van der Waals surface area contributed by atoms with E-state index >= 15 is 0 Å². The largest absolute Gasteiger partial charge is 0.480 e. The summed E-state index contributed by atoms with van der Waals surface area (Å²) in [5, 5.41) is 11.1. The summed E-state index contributed by atoms with van der Waals surface area (Å²) in [6.07, 6.45) is 1.76. The van der Waals surface area contributed by atoms with E-state index in [1.807, 2.05) is 11.0 Å². The van der Waals surface area contributed by atoms with Crippen molar-refractivity contribution in [1.82, 2.24) is 15.1 Å². The van der Waals surface area contributed by atoms with E-state index in [4.69, 9.17) is 5.11 Å². The van der Waals surface area contributed by atoms with Crippen molar-refractivity contribution in [2.45, 2.75) is 37.6 Å². The number of nitrogens with one attached hydrogen (secondary N) is 1. The molecule has 9 nitrogen and oxygen atoms in total. The summed E-state index contributed by atoms with van der Waals surface area (Å²) in [5.74, 6) is -2.72. The molecule has 4 rings (SSSR count). The van der Waals surface area contributed by atoms with E-state index in [-0.39, 0.29) is 48.8 Å². The maximum atomic E-state index is 12.9. The van der Waals surface area contributed by atoms with Crippen LogP contribution in [-0.4, -0.2) is 70.2 Å². The van der Waals surface area contributed by atoms with Crippen molar-refractivity contribution < 1.29 is 29.1 Å². The third-order valence-electron chi connectivity index (χ3n) is 5.88. The number of fused-ring (bicyclic) bond motifs is 1. The molecule has 2 N–H and O–H groups in total. The number of carboxylic acid groups (broad SMARTS) is 1. The number of rotatable bonds is 4. The number of likely N-dealkylation sites (tertiary alicyclic amines) is 1. The third kappa shape index (κ3) is 3.95. The molecule has 0 spiro atoms. The third-order valence-corrected chi connectivity index (χ3v) is 5.88. The molecule has 4 amide bonds. The molecule has 0 aliphatic carbocycles. The van der Waals surface area contributed by atoms with Gasteiger partial charge in [-0.3, -0.25) is 39.1 Å². The maximum absolute atomic E-state index is 12.9. The molecule has 10 heteroatoms. The first-order valence-electron chi connectivity index (χ1n) is 9.65. The molecule has 0 radical (unpaired) electrons. The van der Waals surface area contributed by atoms with E-state index in [1.54, 1.807) is 12.1 Å². The lowest BCUT2D eigenvalue weighted by molar-refractivity contribution is -0.139. The topological polar surface area (TPSA) is 124 Å². The first kappa shape index (κ1) is 21.9. The summed E-state index contributed by atoms with van der Waals surface area (Å²) in [4.78, 5) is 62.8. The predicted molar refractivity (Wildman–Crippen MR) is 106 cm³/mol. The molecule has 3 aliphatic rings. The SMILES string of the molecule is Cl.O=C(O)CN1CCC(c2ccc3c(c2)C(=O)N(C2CCC(=O)NC2=O)C3=O)CC1. The Morgan fingerprint density at radius 3 is 2.33 bits per heavy atom. The van der Waals surface area contributed by atoms with Crippen LogP contribution in [0.5, 0.6) is 0 Å². The van der Waals surface area contributed by atoms with Crippen LogP contribution in [0, 0.1) is 0 Å². The molecule has 3 aliphatic heterocycles. The van der Waals surface area contributed by atoms with Crippen LogP contribution >= 0.6 is 12.4 Å². The fourth-order valence-corrected chi connectivity index (χ4v) is 4.36. The Morgan fingerprint density at radius 2 is 1.70 bits per heavy atom. The summed E-state index contributed by atoms with van der Waals surface area (Å²) >= 11 is 0. The summed E-state index contributed by atoms with van der Waals surface area (Å²) in [6, 6.07) is 4.21. The van der Waals surface area contributed by atoms with Gasteiger partial charge in [0, 0.05) is 6.42 Å². The number of imide groups is 2. The highest BCUT2D eigenvalue weighted by atomic mass is 35.5. The molecule has 0 aromatic heterocycles. The van der Waals surface area contributed by atoms with Crippen LogP contribution in [-0.2, 0) is 14.4 Å². The standard InChI is InChI=1S/C20H21N3O6.ClH/c24-16-4-3-15(18(27)21-16)23-19(28)13-2-1-12(9-14(13)20(23)29)11-5-7-22(8-6-11)10-17(25)26;/h1-2,9,11,15H,3-8,10H2,(H,25,26)(H,21,24,27);1H. The lowest BCUT2D eigenvalue weighted by Gasteiger charge is -2.31. The monoisotopic (exact) mass is 435 g/mol. The lowest BCUT2D eigenvalue weighted by Crippen LogP contribution is -2.54. The van der Waals surface area contributed by atoms with Gasteiger partial charge in [0.2, 0.25) is 11.8 Å². The Balaban J connectivity index is 0.00000256. The van der Waals surface area contributed by atoms with Crippen LogP contribution in [0.15, 0.2) is 18.2 Å². The van der Waals surface area contributed by atoms with Gasteiger partial charge in [0.25, 0.3) is 11.8 Å². The van der Waals surface area contributed by atoms with Gasteiger partial charge in [-0.05, 0) is 56.0 Å². The van der Waals surface area contributed by atoms with Crippen LogP contribution in [0.4, 0.5) is 0 Å². The predicted octanol–water partition coefficient (Wildman–Crippen LogP) is 0.774. The smallest absolute Gasteiger partial charge is 0.317 e. The number of halogens is 1. The zero-order chi connectivity index (χ0) is 20.7. The minimum Gasteiger partial charge on any atom is -0.480 e. The van der Waals surface area contributed by atoms with Gasteiger partial charge in [-0.2, -0.15) is 0 Å². The number of benzene rings is 1. The number of hydrogen-bond acceptors (Lipinski definition) is 6. The van der Waals surface area contributed by atoms with E-state index in [9.17, 15) is 24.0 Å². The van der Waals surface area contributed by atoms with E-state index in [1.165, 1.54) is 0 Å². The van der Waals surface area contributed by atoms with Crippen LogP contribution in [0.25, 0.3) is 0 Å². The van der Waals surface area contributed by atoms with E-state index < -0.39 is 35.6 Å². The van der Waals surface area contributed by atoms with Gasteiger partial charge in [-0.15, -0.1) is 12.4 Å². The molecule has 1 aromatic carbocycles. The fourth-order valence-electron chi connectivity index (χ4n) is 4.36. The van der Waals surface area contributed by atoms with E-state index in [0.29, 0.717) is 13.1 Å². The minimum atomic E-state index is -0.970. The van der Waals surface area contributed by atoms with Crippen LogP contribution in [0.2, 0.25) is 0 Å². The van der Waals surface area contributed by atoms with Crippen molar-refractivity contribution >= 4 is 42.0 Å². The Kier molecular flexibility index (Phi) is 6.23. The molecule has 0 saturated carbocycles. The lowest BCUT2D eigenvalue weighted by atomic mass is 9.88. The van der Waals surface area contributed by atoms with Gasteiger partial charge < -0.3 is 5.11 Å². The second-order valence-electron chi connectivity index (χ2n) is 7.70. The Morgan fingerprint density at radius 1 is 1.03 bits per heavy atom. The van der Waals surface area contributed by atoms with Crippen molar-refractivity contribution in [3.05, 3.63) is 34.9 Å². The fraction of sp³-hybridized carbons (Fsp3) is 0.450. The molecular weight excluding hydrogens is 414 g/mol. The van der Waals surface area contributed by atoms with Crippen molar-refractivity contribution in [3.8, 4) is 0 Å². The number of carboxylic acids is 1. The summed E-state index contributed by atoms with van der Waals surface area (Å²) < 4.78 is 0. The molecule has 3 heterocycles. The second-order valence-corrected chi connectivity index (χ2v) is 7.70. The second kappa shape index (κ2) is 8.53. The quantitative estimate of drug-likeness (QED) is 0.669. The van der Waals surface area contributed by atoms with E-state index in [2.05, 4.69) is 5.32 Å². The first-order valence-corrected chi connectivity index (χ1v) is 9.65. The van der Waals surface area contributed by atoms with Crippen LogP contribution < -0.4 is 5.32 Å². The normalized spacial score (nSPS) is 22.5. The van der Waals surface area contributed by atoms with Crippen molar-refractivity contribution in [1.29, 1.82) is 0 Å². The highest BCUT2D eigenvalue weighted by molar-refractivity contribution is 6.23. The average Bonchev–Trinajstić information content (AvgIpc) is 2.92. The molecule has 160 valence electrons. The number of aliphatic carboxylic acids is 1. The molecule has 0 bridgehead atoms. The van der Waals surface area contributed by atoms with Gasteiger partial charge in [-0.25, -0.2) is 0 Å². The summed E-state index contributed by atoms with van der Waals surface area (Å²) in [6.45, 7) is 1.33. The van der Waals surface area contributed by atoms with Gasteiger partial charge in [0.15, 0.2) is 0 Å². The average molecular weight is 436 g/mol. The Hall–Kier alpha value is -2.78. The minimum absolute atomic E-state index is 0. The van der Waals surface area contributed by atoms with Crippen molar-refractivity contribution in [2.75, 3.05) is 19.6 Å². The number of carbonyl (C=O) groups excluding carboxylic acids is 4. The molecule has 1 aromatic rings. The highest BCUT2D eigenvalue weighted by Crippen LogP contribution is 2.33. The zero-order valence-corrected chi connectivity index (χ0v) is 16.9. The van der Waals surface area contributed by atoms with E-state index in [0.717, 1.165) is 23.3 Å². The van der Waals surface area contributed by atoms with Crippen LogP contribution in [0.1, 0.15) is 57.9 Å². The molecule has 2 fully saturated rings. The molecule has 1 unspecified atom stereocenters. The van der Waals surface area contributed by atoms with Gasteiger partial charge in [0.05, 0.1) is 17.7 Å². The Bertz CT molecular complexity index is 925. The summed E-state index contributed by atoms with van der Waals surface area (Å²) in [7, 11) is 0. The number of carbonyl (C=O) groups is 5. The van der Waals surface area contributed by atoms with Gasteiger partial charge in [-0.1, -0.05) is 6.07 Å². The van der Waals surface area contributed by atoms with Crippen molar-refractivity contribution in [3.63, 3.8) is 0 Å². The maximum Gasteiger partial charge on any atom is 0.317 e. The molecule has 1 atom stereocenters. The number of hydrogen-bond donors (Lipinski definition) is 2. The van der Waals surface area contributed by atoms with Gasteiger partial charge in [0.1, 0.15) is 6.04 Å². The van der Waals surface area contributed by atoms with Crippen LogP contribution in [0.3, 0.4) is 0 Å². The Labute approximate surface area is 178 Å². The van der Waals surface area contributed by atoms with Gasteiger partial charge >= 0.3 is 5.97 Å². The zero-order valence-electron chi connectivity index (χ0n) is 16.1. The number of nitrogens with zero attached hydrogens (tertiary/aromatic N) is 2. The molecular formula is C20H22ClN3O6. The highest BCUT2D eigenvalue weighted by Gasteiger charge is 2.44. The van der Waals surface area contributed by atoms with Crippen molar-refractivity contribution in [2.24, 2.45) is 0 Å². The first-order chi connectivity index (χ1) is 13.8. The molecule has 2 saturated heterocycles.